The number of hydrogen-bond acceptors (Lipinski definition) is 2. The molecule has 4 aromatic carbocycles. The van der Waals surface area contributed by atoms with Crippen LogP contribution >= 0.6 is 7.29 Å². The third kappa shape index (κ3) is 5.74. The lowest BCUT2D eigenvalue weighted by molar-refractivity contribution is 0.400. The Morgan fingerprint density at radius 2 is 0.971 bits per heavy atom. The molecule has 0 aromatic heterocycles. The zero-order valence-corrected chi connectivity index (χ0v) is 20.7. The average molecular weight is 469 g/mol. The number of rotatable bonds is 10. The van der Waals surface area contributed by atoms with E-state index in [2.05, 4.69) is 60.6 Å². The quantitative estimate of drug-likeness (QED) is 0.271. The molecule has 2 N–H and O–H groups in total. The van der Waals surface area contributed by atoms with Crippen LogP contribution in [0.5, 0.6) is 0 Å². The Kier molecular flexibility index (Phi) is 8.13. The van der Waals surface area contributed by atoms with Crippen molar-refractivity contribution in [3.05, 3.63) is 132 Å². The van der Waals surface area contributed by atoms with Gasteiger partial charge < -0.3 is 5.32 Å². The molecule has 4 aromatic rings. The maximum Gasteiger partial charge on any atom is 0.205 e. The molecule has 0 fully saturated rings. The second kappa shape index (κ2) is 11.4. The van der Waals surface area contributed by atoms with E-state index in [1.165, 1.54) is 0 Å². The molecule has 4 heteroatoms. The topological polar surface area (TPSA) is 41.1 Å². The van der Waals surface area contributed by atoms with Crippen LogP contribution in [0.3, 0.4) is 0 Å². The van der Waals surface area contributed by atoms with E-state index in [0.717, 1.165) is 28.3 Å². The van der Waals surface area contributed by atoms with E-state index >= 15 is 0 Å². The van der Waals surface area contributed by atoms with Gasteiger partial charge in [0.05, 0.1) is 12.1 Å². The Hall–Kier alpha value is -2.97. The minimum atomic E-state index is -3.16. The molecule has 4 rings (SSSR count). The molecule has 0 spiro atoms. The molecule has 34 heavy (non-hydrogen) atoms. The number of nitrogens with one attached hydrogen (secondary N) is 2. The number of benzene rings is 4. The molecular formula is C30H33N2OP. The fourth-order valence-corrected chi connectivity index (χ4v) is 6.69. The SMILES string of the molecule is CC(C)CN[C@H](c1ccccc1)[C@H](NP(=O)(c1ccccc1)c1ccccc1)c1ccccc1. The van der Waals surface area contributed by atoms with Crippen molar-refractivity contribution >= 4 is 17.9 Å². The molecular weight excluding hydrogens is 435 g/mol. The minimum absolute atomic E-state index is 0.0632. The lowest BCUT2D eigenvalue weighted by Gasteiger charge is -2.34. The molecule has 0 radical (unpaired) electrons. The van der Waals surface area contributed by atoms with Crippen molar-refractivity contribution in [3.63, 3.8) is 0 Å². The Labute approximate surface area is 203 Å². The van der Waals surface area contributed by atoms with Gasteiger partial charge in [-0.05, 0) is 47.9 Å². The van der Waals surface area contributed by atoms with Gasteiger partial charge in [-0.1, -0.05) is 111 Å². The average Bonchev–Trinajstić information content (AvgIpc) is 2.90. The lowest BCUT2D eigenvalue weighted by Crippen LogP contribution is -2.39. The molecule has 0 amide bonds. The van der Waals surface area contributed by atoms with Crippen LogP contribution in [0.15, 0.2) is 121 Å². The smallest absolute Gasteiger partial charge is 0.205 e. The highest BCUT2D eigenvalue weighted by Gasteiger charge is 2.34. The van der Waals surface area contributed by atoms with Crippen LogP contribution in [-0.4, -0.2) is 6.54 Å². The van der Waals surface area contributed by atoms with Crippen LogP contribution < -0.4 is 21.0 Å². The van der Waals surface area contributed by atoms with Crippen LogP contribution in [-0.2, 0) is 4.57 Å². The molecule has 3 nitrogen and oxygen atoms in total. The largest absolute Gasteiger partial charge is 0.308 e. The fraction of sp³-hybridized carbons (Fsp3) is 0.200. The molecule has 0 aliphatic carbocycles. The summed E-state index contributed by atoms with van der Waals surface area (Å²) >= 11 is 0. The maximum absolute atomic E-state index is 14.9. The summed E-state index contributed by atoms with van der Waals surface area (Å²) in [6.45, 7) is 5.27. The summed E-state index contributed by atoms with van der Waals surface area (Å²) in [6.07, 6.45) is 0. The van der Waals surface area contributed by atoms with Gasteiger partial charge in [-0.3, -0.25) is 9.65 Å². The van der Waals surface area contributed by atoms with Gasteiger partial charge >= 0.3 is 0 Å². The van der Waals surface area contributed by atoms with E-state index in [9.17, 15) is 4.57 Å². The van der Waals surface area contributed by atoms with Crippen molar-refractivity contribution in [2.75, 3.05) is 6.54 Å². The van der Waals surface area contributed by atoms with E-state index in [4.69, 9.17) is 0 Å². The Balaban J connectivity index is 1.85. The van der Waals surface area contributed by atoms with Crippen LogP contribution in [0.1, 0.15) is 37.1 Å². The van der Waals surface area contributed by atoms with Crippen molar-refractivity contribution < 1.29 is 4.57 Å². The highest BCUT2D eigenvalue weighted by Crippen LogP contribution is 2.44. The molecule has 0 heterocycles. The van der Waals surface area contributed by atoms with Gasteiger partial charge in [-0.25, -0.2) is 0 Å². The van der Waals surface area contributed by atoms with Crippen molar-refractivity contribution in [3.8, 4) is 0 Å². The van der Waals surface area contributed by atoms with Crippen LogP contribution in [0.25, 0.3) is 0 Å². The second-order valence-electron chi connectivity index (χ2n) is 8.99. The Morgan fingerprint density at radius 1 is 0.588 bits per heavy atom. The predicted octanol–water partition coefficient (Wildman–Crippen LogP) is 6.23. The monoisotopic (exact) mass is 468 g/mol. The van der Waals surface area contributed by atoms with Crippen LogP contribution in [0.2, 0.25) is 0 Å². The first-order valence-corrected chi connectivity index (χ1v) is 13.6. The normalized spacial score (nSPS) is 13.5. The van der Waals surface area contributed by atoms with Gasteiger partial charge in [0.15, 0.2) is 0 Å². The highest BCUT2D eigenvalue weighted by atomic mass is 31.2. The zero-order chi connectivity index (χ0) is 23.8. The van der Waals surface area contributed by atoms with Crippen molar-refractivity contribution in [1.82, 2.24) is 10.4 Å². The molecule has 0 bridgehead atoms. The number of hydrogen-bond donors (Lipinski definition) is 2. The Morgan fingerprint density at radius 3 is 1.38 bits per heavy atom. The van der Waals surface area contributed by atoms with E-state index < -0.39 is 7.29 Å². The zero-order valence-electron chi connectivity index (χ0n) is 19.8. The molecule has 0 unspecified atom stereocenters. The third-order valence-corrected chi connectivity index (χ3v) is 8.65. The molecule has 2 atom stereocenters. The van der Waals surface area contributed by atoms with Gasteiger partial charge in [-0.2, -0.15) is 0 Å². The van der Waals surface area contributed by atoms with E-state index in [1.807, 2.05) is 84.9 Å². The van der Waals surface area contributed by atoms with Gasteiger partial charge in [-0.15, -0.1) is 0 Å². The van der Waals surface area contributed by atoms with Crippen molar-refractivity contribution in [1.29, 1.82) is 0 Å². The summed E-state index contributed by atoms with van der Waals surface area (Å²) in [4.78, 5) is 0. The third-order valence-electron chi connectivity index (χ3n) is 5.96. The summed E-state index contributed by atoms with van der Waals surface area (Å²) in [6, 6.07) is 40.1. The molecule has 0 saturated carbocycles. The Bertz CT molecular complexity index is 1140. The molecule has 0 aliphatic rings. The molecule has 0 aliphatic heterocycles. The fourth-order valence-electron chi connectivity index (χ4n) is 4.22. The van der Waals surface area contributed by atoms with Crippen LogP contribution in [0.4, 0.5) is 0 Å². The first-order chi connectivity index (χ1) is 16.6. The summed E-state index contributed by atoms with van der Waals surface area (Å²) in [5.41, 5.74) is 2.26. The molecule has 174 valence electrons. The van der Waals surface area contributed by atoms with Gasteiger partial charge in [0, 0.05) is 10.6 Å². The van der Waals surface area contributed by atoms with Gasteiger partial charge in [0.25, 0.3) is 0 Å². The van der Waals surface area contributed by atoms with Gasteiger partial charge in [0.1, 0.15) is 0 Å². The standard InChI is InChI=1S/C30H33N2OP/c1-24(2)23-31-29(25-15-7-3-8-16-25)30(26-17-9-4-10-18-26)32-34(33,27-19-11-5-12-20-27)28-21-13-6-14-22-28/h3-22,24,29-31H,23H2,1-2H3,(H,32,33)/t29-,30-/m1/s1. The van der Waals surface area contributed by atoms with Crippen molar-refractivity contribution in [2.24, 2.45) is 5.92 Å². The van der Waals surface area contributed by atoms with Crippen molar-refractivity contribution in [2.45, 2.75) is 25.9 Å². The minimum Gasteiger partial charge on any atom is -0.308 e. The maximum atomic E-state index is 14.9. The summed E-state index contributed by atoms with van der Waals surface area (Å²) < 4.78 is 14.9. The summed E-state index contributed by atoms with van der Waals surface area (Å²) in [7, 11) is -3.16. The van der Waals surface area contributed by atoms with E-state index in [-0.39, 0.29) is 12.1 Å². The molecule has 0 saturated heterocycles. The summed E-state index contributed by atoms with van der Waals surface area (Å²) in [5, 5.41) is 9.08. The first-order valence-electron chi connectivity index (χ1n) is 11.9. The highest BCUT2D eigenvalue weighted by molar-refractivity contribution is 7.76. The van der Waals surface area contributed by atoms with Gasteiger partial charge in [0.2, 0.25) is 7.29 Å². The van der Waals surface area contributed by atoms with E-state index in [1.54, 1.807) is 0 Å². The summed E-state index contributed by atoms with van der Waals surface area (Å²) in [5.74, 6) is 0.484. The van der Waals surface area contributed by atoms with Crippen LogP contribution in [0, 0.1) is 5.92 Å². The lowest BCUT2D eigenvalue weighted by atomic mass is 9.93. The second-order valence-corrected chi connectivity index (χ2v) is 11.5. The first kappa shape index (κ1) is 24.2. The van der Waals surface area contributed by atoms with E-state index in [0.29, 0.717) is 5.92 Å². The predicted molar refractivity (Wildman–Crippen MR) is 144 cm³/mol.